The molecule has 0 bridgehead atoms. The Kier molecular flexibility index (Phi) is 4.62. The Bertz CT molecular complexity index is 577. The van der Waals surface area contributed by atoms with E-state index in [4.69, 9.17) is 5.73 Å². The van der Waals surface area contributed by atoms with Crippen molar-refractivity contribution in [1.82, 2.24) is 9.62 Å². The Morgan fingerprint density at radius 2 is 2.25 bits per heavy atom. The minimum atomic E-state index is -3.71. The number of rotatable bonds is 4. The van der Waals surface area contributed by atoms with Crippen molar-refractivity contribution in [2.24, 2.45) is 0 Å². The molecule has 0 spiro atoms. The van der Waals surface area contributed by atoms with Crippen LogP contribution >= 0.6 is 0 Å². The number of benzene rings is 1. The van der Waals surface area contributed by atoms with Gasteiger partial charge in [0.25, 0.3) is 0 Å². The second-order valence-electron chi connectivity index (χ2n) is 5.04. The largest absolute Gasteiger partial charge is 0.398 e. The first kappa shape index (κ1) is 15.2. The van der Waals surface area contributed by atoms with Crippen molar-refractivity contribution in [3.8, 4) is 0 Å². The lowest BCUT2D eigenvalue weighted by Crippen LogP contribution is -2.47. The zero-order valence-corrected chi connectivity index (χ0v) is 12.3. The number of piperidine rings is 1. The quantitative estimate of drug-likeness (QED) is 0.819. The number of hydrogen-bond donors (Lipinski definition) is 2. The molecule has 0 aromatic heterocycles. The maximum atomic E-state index is 13.0. The molecule has 1 saturated heterocycles. The fourth-order valence-electron chi connectivity index (χ4n) is 2.49. The summed E-state index contributed by atoms with van der Waals surface area (Å²) in [5.74, 6) is -0.545. The Morgan fingerprint density at radius 3 is 2.90 bits per heavy atom. The fourth-order valence-corrected chi connectivity index (χ4v) is 3.86. The van der Waals surface area contributed by atoms with Gasteiger partial charge in [-0.15, -0.1) is 0 Å². The number of hydrogen-bond acceptors (Lipinski definition) is 4. The zero-order chi connectivity index (χ0) is 14.8. The van der Waals surface area contributed by atoms with Crippen LogP contribution in [-0.4, -0.2) is 39.0 Å². The standard InChI is InChI=1S/C13H20FN3O2S/c1-2-17-7-3-4-11(9-17)16-20(18,19)13-6-5-10(14)8-12(13)15/h5-6,8,11,16H,2-4,7,9,15H2,1H3. The molecule has 20 heavy (non-hydrogen) atoms. The van der Waals surface area contributed by atoms with Crippen molar-refractivity contribution >= 4 is 15.7 Å². The van der Waals surface area contributed by atoms with Crippen LogP contribution in [0.3, 0.4) is 0 Å². The predicted octanol–water partition coefficient (Wildman–Crippen LogP) is 1.17. The van der Waals surface area contributed by atoms with E-state index in [9.17, 15) is 12.8 Å². The van der Waals surface area contributed by atoms with E-state index in [1.807, 2.05) is 0 Å². The van der Waals surface area contributed by atoms with Crippen molar-refractivity contribution < 1.29 is 12.8 Å². The highest BCUT2D eigenvalue weighted by Gasteiger charge is 2.25. The number of anilines is 1. The smallest absolute Gasteiger partial charge is 0.242 e. The molecule has 5 nitrogen and oxygen atoms in total. The van der Waals surface area contributed by atoms with Crippen molar-refractivity contribution in [2.75, 3.05) is 25.4 Å². The van der Waals surface area contributed by atoms with E-state index in [1.165, 1.54) is 6.07 Å². The SMILES string of the molecule is CCN1CCCC(NS(=O)(=O)c2ccc(F)cc2N)C1. The van der Waals surface area contributed by atoms with Gasteiger partial charge in [0.15, 0.2) is 0 Å². The molecule has 7 heteroatoms. The van der Waals surface area contributed by atoms with Gasteiger partial charge in [-0.3, -0.25) is 0 Å². The topological polar surface area (TPSA) is 75.4 Å². The van der Waals surface area contributed by atoms with E-state index in [0.717, 1.165) is 38.1 Å². The third kappa shape index (κ3) is 3.47. The maximum Gasteiger partial charge on any atom is 0.242 e. The molecular weight excluding hydrogens is 281 g/mol. The average molecular weight is 301 g/mol. The highest BCUT2D eigenvalue weighted by Crippen LogP contribution is 2.20. The van der Waals surface area contributed by atoms with Gasteiger partial charge >= 0.3 is 0 Å². The van der Waals surface area contributed by atoms with Gasteiger partial charge in [0, 0.05) is 12.6 Å². The van der Waals surface area contributed by atoms with Gasteiger partial charge in [0.05, 0.1) is 5.69 Å². The minimum absolute atomic E-state index is 0.0625. The summed E-state index contributed by atoms with van der Waals surface area (Å²) in [6, 6.07) is 3.20. The van der Waals surface area contributed by atoms with Crippen LogP contribution in [0.2, 0.25) is 0 Å². The number of nitrogen functional groups attached to an aromatic ring is 1. The van der Waals surface area contributed by atoms with Gasteiger partial charge in [-0.05, 0) is 44.1 Å². The number of halogens is 1. The second kappa shape index (κ2) is 6.07. The van der Waals surface area contributed by atoms with Crippen LogP contribution < -0.4 is 10.5 Å². The molecular formula is C13H20FN3O2S. The molecule has 1 aromatic carbocycles. The molecule has 1 atom stereocenters. The maximum absolute atomic E-state index is 13.0. The molecule has 1 unspecified atom stereocenters. The fraction of sp³-hybridized carbons (Fsp3) is 0.538. The summed E-state index contributed by atoms with van der Waals surface area (Å²) in [5, 5.41) is 0. The van der Waals surface area contributed by atoms with Crippen LogP contribution in [-0.2, 0) is 10.0 Å². The summed E-state index contributed by atoms with van der Waals surface area (Å²) in [4.78, 5) is 2.14. The summed E-state index contributed by atoms with van der Waals surface area (Å²) in [6.07, 6.45) is 1.76. The number of likely N-dealkylation sites (N-methyl/N-ethyl adjacent to an activating group) is 1. The molecule has 2 rings (SSSR count). The molecule has 3 N–H and O–H groups in total. The number of sulfonamides is 1. The molecule has 1 aliphatic heterocycles. The molecule has 1 aliphatic rings. The van der Waals surface area contributed by atoms with Crippen molar-refractivity contribution in [3.63, 3.8) is 0 Å². The van der Waals surface area contributed by atoms with Gasteiger partial charge in [0.2, 0.25) is 10.0 Å². The van der Waals surface area contributed by atoms with Crippen LogP contribution in [0.25, 0.3) is 0 Å². The van der Waals surface area contributed by atoms with E-state index in [-0.39, 0.29) is 16.6 Å². The lowest BCUT2D eigenvalue weighted by atomic mass is 10.1. The molecule has 0 amide bonds. The number of nitrogens with one attached hydrogen (secondary N) is 1. The molecule has 1 aromatic rings. The lowest BCUT2D eigenvalue weighted by Gasteiger charge is -2.32. The van der Waals surface area contributed by atoms with Crippen molar-refractivity contribution in [2.45, 2.75) is 30.7 Å². The van der Waals surface area contributed by atoms with Gasteiger partial charge in [0.1, 0.15) is 10.7 Å². The summed E-state index contributed by atoms with van der Waals surface area (Å²) in [7, 11) is -3.71. The minimum Gasteiger partial charge on any atom is -0.398 e. The Hall–Kier alpha value is -1.18. The molecule has 112 valence electrons. The van der Waals surface area contributed by atoms with Crippen LogP contribution in [0.4, 0.5) is 10.1 Å². The van der Waals surface area contributed by atoms with Crippen LogP contribution in [0, 0.1) is 5.82 Å². The molecule has 0 radical (unpaired) electrons. The van der Waals surface area contributed by atoms with Crippen molar-refractivity contribution in [1.29, 1.82) is 0 Å². The van der Waals surface area contributed by atoms with Gasteiger partial charge < -0.3 is 10.6 Å². The Morgan fingerprint density at radius 1 is 1.50 bits per heavy atom. The third-order valence-electron chi connectivity index (χ3n) is 3.54. The number of likely N-dealkylation sites (tertiary alicyclic amines) is 1. The van der Waals surface area contributed by atoms with Crippen molar-refractivity contribution in [3.05, 3.63) is 24.0 Å². The zero-order valence-electron chi connectivity index (χ0n) is 11.5. The van der Waals surface area contributed by atoms with Gasteiger partial charge in [-0.25, -0.2) is 17.5 Å². The molecule has 1 heterocycles. The van der Waals surface area contributed by atoms with E-state index < -0.39 is 15.8 Å². The third-order valence-corrected chi connectivity index (χ3v) is 5.13. The van der Waals surface area contributed by atoms with Crippen LogP contribution in [0.5, 0.6) is 0 Å². The average Bonchev–Trinajstić information content (AvgIpc) is 2.37. The summed E-state index contributed by atoms with van der Waals surface area (Å²) in [5.41, 5.74) is 5.53. The van der Waals surface area contributed by atoms with E-state index in [2.05, 4.69) is 16.5 Å². The highest BCUT2D eigenvalue weighted by atomic mass is 32.2. The molecule has 0 saturated carbocycles. The highest BCUT2D eigenvalue weighted by molar-refractivity contribution is 7.89. The van der Waals surface area contributed by atoms with Gasteiger partial charge in [-0.1, -0.05) is 6.92 Å². The predicted molar refractivity (Wildman–Crippen MR) is 76.3 cm³/mol. The van der Waals surface area contributed by atoms with E-state index in [1.54, 1.807) is 0 Å². The normalized spacial score (nSPS) is 21.0. The van der Waals surface area contributed by atoms with Crippen LogP contribution in [0.15, 0.2) is 23.1 Å². The Labute approximate surface area is 119 Å². The summed E-state index contributed by atoms with van der Waals surface area (Å²) < 4.78 is 40.2. The molecule has 0 aliphatic carbocycles. The summed E-state index contributed by atoms with van der Waals surface area (Å²) >= 11 is 0. The lowest BCUT2D eigenvalue weighted by molar-refractivity contribution is 0.211. The Balaban J connectivity index is 2.14. The monoisotopic (exact) mass is 301 g/mol. The number of nitrogens with zero attached hydrogens (tertiary/aromatic N) is 1. The second-order valence-corrected chi connectivity index (χ2v) is 6.72. The first-order valence-electron chi connectivity index (χ1n) is 6.72. The van der Waals surface area contributed by atoms with Gasteiger partial charge in [-0.2, -0.15) is 0 Å². The van der Waals surface area contributed by atoms with E-state index in [0.29, 0.717) is 6.54 Å². The summed E-state index contributed by atoms with van der Waals surface area (Å²) in [6.45, 7) is 4.63. The first-order chi connectivity index (χ1) is 9.42. The van der Waals surface area contributed by atoms with Crippen LogP contribution in [0.1, 0.15) is 19.8 Å². The number of nitrogens with two attached hydrogens (primary N) is 1. The molecule has 1 fully saturated rings. The van der Waals surface area contributed by atoms with E-state index >= 15 is 0 Å². The first-order valence-corrected chi connectivity index (χ1v) is 8.20.